The lowest BCUT2D eigenvalue weighted by atomic mass is 9.90. The third-order valence-electron chi connectivity index (χ3n) is 5.63. The molecular weight excluding hydrogens is 442 g/mol. The Morgan fingerprint density at radius 2 is 1.94 bits per heavy atom. The fraction of sp³-hybridized carbons (Fsp3) is 0.400. The number of fused-ring (bicyclic) bond motifs is 1. The van der Waals surface area contributed by atoms with Gasteiger partial charge in [-0.05, 0) is 30.0 Å². The highest BCUT2D eigenvalue weighted by atomic mass is 35.5. The molecule has 0 saturated carbocycles. The van der Waals surface area contributed by atoms with Gasteiger partial charge < -0.3 is 19.5 Å². The summed E-state index contributed by atoms with van der Waals surface area (Å²) in [5.74, 6) is 0.738. The third-order valence-corrected chi connectivity index (χ3v) is 5.88. The van der Waals surface area contributed by atoms with Crippen molar-refractivity contribution in [3.05, 3.63) is 59.2 Å². The molecule has 0 bridgehead atoms. The van der Waals surface area contributed by atoms with Crippen molar-refractivity contribution >= 4 is 28.6 Å². The van der Waals surface area contributed by atoms with Crippen LogP contribution in [0.2, 0.25) is 5.15 Å². The number of aromatic nitrogens is 2. The predicted octanol–water partition coefficient (Wildman–Crippen LogP) is 4.07. The highest BCUT2D eigenvalue weighted by Gasteiger charge is 2.43. The van der Waals surface area contributed by atoms with E-state index in [-0.39, 0.29) is 34.9 Å². The molecule has 3 atom stereocenters. The number of hydrogen-bond donors (Lipinski definition) is 1. The molecule has 0 amide bonds. The number of carbonyl (C=O) groups is 1. The van der Waals surface area contributed by atoms with Crippen LogP contribution in [0.25, 0.3) is 11.0 Å². The van der Waals surface area contributed by atoms with Gasteiger partial charge in [0.2, 0.25) is 0 Å². The van der Waals surface area contributed by atoms with Crippen LogP contribution in [-0.2, 0) is 16.0 Å². The van der Waals surface area contributed by atoms with Gasteiger partial charge in [-0.2, -0.15) is 0 Å². The number of methoxy groups -OCH3 is 1. The van der Waals surface area contributed by atoms with Crippen LogP contribution in [-0.4, -0.2) is 48.3 Å². The Labute approximate surface area is 198 Å². The van der Waals surface area contributed by atoms with Crippen LogP contribution in [0.5, 0.6) is 11.6 Å². The molecule has 0 unspecified atom stereocenters. The maximum Gasteiger partial charge on any atom is 0.323 e. The van der Waals surface area contributed by atoms with E-state index >= 15 is 0 Å². The van der Waals surface area contributed by atoms with Crippen molar-refractivity contribution in [2.24, 2.45) is 11.8 Å². The van der Waals surface area contributed by atoms with Crippen LogP contribution in [0.1, 0.15) is 19.4 Å². The van der Waals surface area contributed by atoms with Crippen LogP contribution in [0, 0.1) is 11.8 Å². The van der Waals surface area contributed by atoms with E-state index in [4.69, 9.17) is 25.8 Å². The molecule has 174 valence electrons. The molecule has 2 heterocycles. The molecule has 1 aliphatic rings. The fourth-order valence-corrected chi connectivity index (χ4v) is 4.14. The van der Waals surface area contributed by atoms with E-state index in [0.717, 1.165) is 5.56 Å². The van der Waals surface area contributed by atoms with Crippen molar-refractivity contribution < 1.29 is 19.0 Å². The smallest absolute Gasteiger partial charge is 0.323 e. The molecule has 0 aliphatic carbocycles. The maximum atomic E-state index is 12.9. The van der Waals surface area contributed by atoms with Gasteiger partial charge in [-0.1, -0.05) is 55.8 Å². The molecule has 0 spiro atoms. The monoisotopic (exact) mass is 469 g/mol. The van der Waals surface area contributed by atoms with E-state index in [9.17, 15) is 4.79 Å². The van der Waals surface area contributed by atoms with Crippen LogP contribution in [0.4, 0.5) is 0 Å². The fourth-order valence-electron chi connectivity index (χ4n) is 3.96. The van der Waals surface area contributed by atoms with Crippen LogP contribution < -0.4 is 14.8 Å². The number of halogens is 1. The highest BCUT2D eigenvalue weighted by Crippen LogP contribution is 2.31. The Morgan fingerprint density at radius 3 is 2.67 bits per heavy atom. The number of esters is 1. The van der Waals surface area contributed by atoms with Gasteiger partial charge in [-0.15, -0.1) is 0 Å². The lowest BCUT2D eigenvalue weighted by Gasteiger charge is -2.24. The molecule has 2 aromatic carbocycles. The minimum absolute atomic E-state index is 0.161. The first-order valence-corrected chi connectivity index (χ1v) is 11.4. The van der Waals surface area contributed by atoms with Crippen molar-refractivity contribution in [2.75, 3.05) is 20.3 Å². The van der Waals surface area contributed by atoms with Crippen LogP contribution >= 0.6 is 11.6 Å². The van der Waals surface area contributed by atoms with Crippen molar-refractivity contribution in [3.63, 3.8) is 0 Å². The molecule has 1 saturated heterocycles. The van der Waals surface area contributed by atoms with Gasteiger partial charge in [0.1, 0.15) is 17.9 Å². The van der Waals surface area contributed by atoms with E-state index < -0.39 is 6.04 Å². The number of nitrogens with one attached hydrogen (secondary N) is 1. The largest absolute Gasteiger partial charge is 0.497 e. The standard InChI is InChI=1S/C25H28ClN3O4/c1-15(2)14-32-25(30)22-18(11-16-7-5-4-6-8-16)21(13-27-22)33-24-23(26)28-19-10-9-17(31-3)12-20(19)29-24/h4-10,12,15,18,21-22,27H,11,13-14H2,1-3H3/t18-,21+,22+/m1/s1. The molecular formula is C25H28ClN3O4. The van der Waals surface area contributed by atoms with Gasteiger partial charge in [-0.3, -0.25) is 4.79 Å². The lowest BCUT2D eigenvalue weighted by molar-refractivity contribution is -0.148. The molecule has 1 fully saturated rings. The average Bonchev–Trinajstić information content (AvgIpc) is 3.20. The Balaban J connectivity index is 1.59. The number of rotatable bonds is 8. The summed E-state index contributed by atoms with van der Waals surface area (Å²) in [5.41, 5.74) is 2.38. The Morgan fingerprint density at radius 1 is 1.15 bits per heavy atom. The summed E-state index contributed by atoms with van der Waals surface area (Å²) in [6.45, 7) is 4.87. The first-order chi connectivity index (χ1) is 15.9. The van der Waals surface area contributed by atoms with Gasteiger partial charge in [0, 0.05) is 18.5 Å². The maximum absolute atomic E-state index is 12.9. The SMILES string of the molecule is COc1ccc2nc(Cl)c(O[C@H]3CN[C@H](C(=O)OCC(C)C)[C@@H]3Cc3ccccc3)nc2c1. The van der Waals surface area contributed by atoms with Gasteiger partial charge >= 0.3 is 5.97 Å². The topological polar surface area (TPSA) is 82.6 Å². The highest BCUT2D eigenvalue weighted by molar-refractivity contribution is 6.31. The van der Waals surface area contributed by atoms with Crippen molar-refractivity contribution in [2.45, 2.75) is 32.4 Å². The number of carbonyl (C=O) groups excluding carboxylic acids is 1. The summed E-state index contributed by atoms with van der Waals surface area (Å²) in [6, 6.07) is 14.9. The molecule has 1 N–H and O–H groups in total. The predicted molar refractivity (Wildman–Crippen MR) is 127 cm³/mol. The van der Waals surface area contributed by atoms with E-state index in [1.807, 2.05) is 44.2 Å². The Bertz CT molecular complexity index is 1110. The normalized spacial score (nSPS) is 20.2. The molecule has 1 aromatic heterocycles. The van der Waals surface area contributed by atoms with E-state index in [2.05, 4.69) is 15.3 Å². The second-order valence-electron chi connectivity index (χ2n) is 8.59. The van der Waals surface area contributed by atoms with E-state index in [1.165, 1.54) is 0 Å². The van der Waals surface area contributed by atoms with Gasteiger partial charge in [0.25, 0.3) is 5.88 Å². The molecule has 33 heavy (non-hydrogen) atoms. The molecule has 8 heteroatoms. The van der Waals surface area contributed by atoms with Gasteiger partial charge in [-0.25, -0.2) is 9.97 Å². The Kier molecular flexibility index (Phi) is 7.30. The minimum Gasteiger partial charge on any atom is -0.497 e. The number of hydrogen-bond acceptors (Lipinski definition) is 7. The zero-order valence-electron chi connectivity index (χ0n) is 19.0. The quantitative estimate of drug-likeness (QED) is 0.498. The lowest BCUT2D eigenvalue weighted by Crippen LogP contribution is -2.40. The van der Waals surface area contributed by atoms with Crippen molar-refractivity contribution in [1.82, 2.24) is 15.3 Å². The first-order valence-electron chi connectivity index (χ1n) is 11.1. The number of ether oxygens (including phenoxy) is 3. The minimum atomic E-state index is -0.485. The average molecular weight is 470 g/mol. The summed E-state index contributed by atoms with van der Waals surface area (Å²) >= 11 is 6.40. The summed E-state index contributed by atoms with van der Waals surface area (Å²) in [7, 11) is 1.60. The first kappa shape index (κ1) is 23.3. The molecule has 1 aliphatic heterocycles. The second-order valence-corrected chi connectivity index (χ2v) is 8.95. The molecule has 3 aromatic rings. The Hall–Kier alpha value is -2.90. The zero-order valence-corrected chi connectivity index (χ0v) is 19.7. The second kappa shape index (κ2) is 10.4. The molecule has 0 radical (unpaired) electrons. The summed E-state index contributed by atoms with van der Waals surface area (Å²) in [6.07, 6.45) is 0.309. The summed E-state index contributed by atoms with van der Waals surface area (Å²) in [5, 5.41) is 3.46. The van der Waals surface area contributed by atoms with E-state index in [1.54, 1.807) is 25.3 Å². The van der Waals surface area contributed by atoms with Crippen LogP contribution in [0.15, 0.2) is 48.5 Å². The van der Waals surface area contributed by atoms with Crippen molar-refractivity contribution in [3.8, 4) is 11.6 Å². The summed E-state index contributed by atoms with van der Waals surface area (Å²) in [4.78, 5) is 21.8. The third kappa shape index (κ3) is 5.54. The molecule has 4 rings (SSSR count). The van der Waals surface area contributed by atoms with Crippen LogP contribution in [0.3, 0.4) is 0 Å². The van der Waals surface area contributed by atoms with Gasteiger partial charge in [0.05, 0.1) is 24.8 Å². The summed E-state index contributed by atoms with van der Waals surface area (Å²) < 4.78 is 17.1. The number of nitrogens with zero attached hydrogens (tertiary/aromatic N) is 2. The van der Waals surface area contributed by atoms with Gasteiger partial charge in [0.15, 0.2) is 5.15 Å². The zero-order chi connectivity index (χ0) is 23.4. The number of benzene rings is 2. The van der Waals surface area contributed by atoms with Crippen molar-refractivity contribution in [1.29, 1.82) is 0 Å². The van der Waals surface area contributed by atoms with E-state index in [0.29, 0.717) is 36.4 Å². The molecule has 7 nitrogen and oxygen atoms in total.